The van der Waals surface area contributed by atoms with E-state index in [4.69, 9.17) is 4.74 Å². The van der Waals surface area contributed by atoms with Crippen LogP contribution in [0.3, 0.4) is 0 Å². The Morgan fingerprint density at radius 3 is 2.89 bits per heavy atom. The molecule has 0 saturated carbocycles. The highest BCUT2D eigenvalue weighted by Crippen LogP contribution is 2.33. The average Bonchev–Trinajstić information content (AvgIpc) is 2.82. The van der Waals surface area contributed by atoms with Crippen molar-refractivity contribution in [2.75, 3.05) is 13.2 Å². The molecule has 0 bridgehead atoms. The van der Waals surface area contributed by atoms with Crippen LogP contribution < -0.4 is 10.1 Å². The van der Waals surface area contributed by atoms with Crippen molar-refractivity contribution in [3.63, 3.8) is 0 Å². The number of nitrogens with one attached hydrogen (secondary N) is 1. The van der Waals surface area contributed by atoms with E-state index in [0.29, 0.717) is 6.04 Å². The van der Waals surface area contributed by atoms with Crippen molar-refractivity contribution in [3.05, 3.63) is 29.3 Å². The van der Waals surface area contributed by atoms with Gasteiger partial charge in [-0.3, -0.25) is 0 Å². The molecule has 0 amide bonds. The standard InChI is InChI=1S/C17H27NO/c1-3-5-6-7-12-19-15-9-10-16-14(13-15)8-11-17(16)18-4-2/h9-10,13,17-18H,3-8,11-12H2,1-2H3. The molecule has 0 spiro atoms. The topological polar surface area (TPSA) is 21.3 Å². The number of hydrogen-bond acceptors (Lipinski definition) is 2. The first-order valence-corrected chi connectivity index (χ1v) is 7.84. The molecule has 19 heavy (non-hydrogen) atoms. The lowest BCUT2D eigenvalue weighted by atomic mass is 10.1. The SMILES string of the molecule is CCCCCCOc1ccc2c(c1)CCC2NCC. The molecule has 2 nitrogen and oxygen atoms in total. The van der Waals surface area contributed by atoms with Gasteiger partial charge in [-0.05, 0) is 49.1 Å². The molecule has 0 fully saturated rings. The molecule has 1 N–H and O–H groups in total. The largest absolute Gasteiger partial charge is 0.494 e. The Morgan fingerprint density at radius 2 is 2.11 bits per heavy atom. The maximum Gasteiger partial charge on any atom is 0.119 e. The molecule has 1 aliphatic carbocycles. The fourth-order valence-electron chi connectivity index (χ4n) is 2.86. The van der Waals surface area contributed by atoms with Gasteiger partial charge in [-0.15, -0.1) is 0 Å². The van der Waals surface area contributed by atoms with E-state index in [9.17, 15) is 0 Å². The molecule has 1 atom stereocenters. The Kier molecular flexibility index (Phi) is 5.71. The van der Waals surface area contributed by atoms with Crippen LogP contribution in [0.25, 0.3) is 0 Å². The van der Waals surface area contributed by atoms with E-state index in [2.05, 4.69) is 37.4 Å². The van der Waals surface area contributed by atoms with Gasteiger partial charge < -0.3 is 10.1 Å². The summed E-state index contributed by atoms with van der Waals surface area (Å²) in [7, 11) is 0. The van der Waals surface area contributed by atoms with Crippen LogP contribution in [0.4, 0.5) is 0 Å². The van der Waals surface area contributed by atoms with Crippen molar-refractivity contribution < 1.29 is 4.74 Å². The highest BCUT2D eigenvalue weighted by atomic mass is 16.5. The van der Waals surface area contributed by atoms with Gasteiger partial charge in [0.1, 0.15) is 5.75 Å². The van der Waals surface area contributed by atoms with Crippen LogP contribution in [0.2, 0.25) is 0 Å². The lowest BCUT2D eigenvalue weighted by Crippen LogP contribution is -2.18. The number of ether oxygens (including phenoxy) is 1. The molecule has 0 heterocycles. The first-order chi connectivity index (χ1) is 9.35. The summed E-state index contributed by atoms with van der Waals surface area (Å²) >= 11 is 0. The zero-order valence-corrected chi connectivity index (χ0v) is 12.4. The Morgan fingerprint density at radius 1 is 1.21 bits per heavy atom. The van der Waals surface area contributed by atoms with Gasteiger partial charge in [-0.2, -0.15) is 0 Å². The third-order valence-electron chi connectivity index (χ3n) is 3.91. The number of unbranched alkanes of at least 4 members (excludes halogenated alkanes) is 3. The van der Waals surface area contributed by atoms with E-state index in [1.807, 2.05) is 0 Å². The number of benzene rings is 1. The van der Waals surface area contributed by atoms with Gasteiger partial charge in [0.15, 0.2) is 0 Å². The Labute approximate surface area is 117 Å². The summed E-state index contributed by atoms with van der Waals surface area (Å²) in [6, 6.07) is 7.18. The maximum atomic E-state index is 5.85. The Bertz CT molecular complexity index is 389. The molecule has 2 heteroatoms. The van der Waals surface area contributed by atoms with Gasteiger partial charge in [0.05, 0.1) is 6.61 Å². The maximum absolute atomic E-state index is 5.85. The molecule has 0 aliphatic heterocycles. The summed E-state index contributed by atoms with van der Waals surface area (Å²) < 4.78 is 5.85. The number of aryl methyl sites for hydroxylation is 1. The molecule has 1 aromatic carbocycles. The third kappa shape index (κ3) is 3.97. The quantitative estimate of drug-likeness (QED) is 0.707. The summed E-state index contributed by atoms with van der Waals surface area (Å²) in [5.41, 5.74) is 2.94. The van der Waals surface area contributed by atoms with Gasteiger partial charge in [-0.1, -0.05) is 39.2 Å². The predicted molar refractivity (Wildman–Crippen MR) is 80.8 cm³/mol. The van der Waals surface area contributed by atoms with Crippen LogP contribution in [0.5, 0.6) is 5.75 Å². The molecule has 0 aromatic heterocycles. The van der Waals surface area contributed by atoms with Crippen LogP contribution in [0.1, 0.15) is 63.1 Å². The highest BCUT2D eigenvalue weighted by Gasteiger charge is 2.21. The van der Waals surface area contributed by atoms with E-state index in [0.717, 1.165) is 18.9 Å². The molecular weight excluding hydrogens is 234 g/mol. The number of rotatable bonds is 8. The molecule has 0 saturated heterocycles. The summed E-state index contributed by atoms with van der Waals surface area (Å²) in [4.78, 5) is 0. The molecule has 106 valence electrons. The Balaban J connectivity index is 1.84. The first kappa shape index (κ1) is 14.4. The Hall–Kier alpha value is -1.02. The van der Waals surface area contributed by atoms with Gasteiger partial charge >= 0.3 is 0 Å². The van der Waals surface area contributed by atoms with Crippen molar-refractivity contribution in [3.8, 4) is 5.75 Å². The molecule has 1 aromatic rings. The second-order valence-corrected chi connectivity index (χ2v) is 5.42. The summed E-state index contributed by atoms with van der Waals surface area (Å²) in [5, 5.41) is 3.55. The van der Waals surface area contributed by atoms with Crippen molar-refractivity contribution in [1.82, 2.24) is 5.32 Å². The minimum atomic E-state index is 0.554. The van der Waals surface area contributed by atoms with Crippen LogP contribution in [0.15, 0.2) is 18.2 Å². The normalized spacial score (nSPS) is 17.5. The molecule has 0 radical (unpaired) electrons. The van der Waals surface area contributed by atoms with E-state index in [-0.39, 0.29) is 0 Å². The smallest absolute Gasteiger partial charge is 0.119 e. The van der Waals surface area contributed by atoms with Gasteiger partial charge in [0.25, 0.3) is 0 Å². The lowest BCUT2D eigenvalue weighted by Gasteiger charge is -2.13. The lowest BCUT2D eigenvalue weighted by molar-refractivity contribution is 0.305. The van der Waals surface area contributed by atoms with Crippen LogP contribution in [-0.4, -0.2) is 13.2 Å². The van der Waals surface area contributed by atoms with Crippen molar-refractivity contribution >= 4 is 0 Å². The first-order valence-electron chi connectivity index (χ1n) is 7.84. The fraction of sp³-hybridized carbons (Fsp3) is 0.647. The van der Waals surface area contributed by atoms with Crippen molar-refractivity contribution in [2.45, 2.75) is 58.4 Å². The van der Waals surface area contributed by atoms with Crippen LogP contribution in [0, 0.1) is 0 Å². The van der Waals surface area contributed by atoms with Crippen LogP contribution >= 0.6 is 0 Å². The zero-order valence-electron chi connectivity index (χ0n) is 12.4. The summed E-state index contributed by atoms with van der Waals surface area (Å²) in [6.07, 6.45) is 7.46. The molecule has 2 rings (SSSR count). The fourth-order valence-corrected chi connectivity index (χ4v) is 2.86. The minimum absolute atomic E-state index is 0.554. The number of fused-ring (bicyclic) bond motifs is 1. The second-order valence-electron chi connectivity index (χ2n) is 5.42. The molecule has 1 unspecified atom stereocenters. The summed E-state index contributed by atoms with van der Waals surface area (Å²) in [6.45, 7) is 6.31. The van der Waals surface area contributed by atoms with Crippen LogP contribution in [-0.2, 0) is 6.42 Å². The van der Waals surface area contributed by atoms with Gasteiger partial charge in [-0.25, -0.2) is 0 Å². The van der Waals surface area contributed by atoms with Gasteiger partial charge in [0, 0.05) is 6.04 Å². The average molecular weight is 261 g/mol. The predicted octanol–water partition coefficient (Wildman–Crippen LogP) is 4.24. The minimum Gasteiger partial charge on any atom is -0.494 e. The summed E-state index contributed by atoms with van der Waals surface area (Å²) in [5.74, 6) is 1.05. The highest BCUT2D eigenvalue weighted by molar-refractivity contribution is 5.40. The third-order valence-corrected chi connectivity index (χ3v) is 3.91. The van der Waals surface area contributed by atoms with E-state index in [1.165, 1.54) is 49.7 Å². The van der Waals surface area contributed by atoms with Crippen molar-refractivity contribution in [2.24, 2.45) is 0 Å². The molecule has 1 aliphatic rings. The second kappa shape index (κ2) is 7.54. The van der Waals surface area contributed by atoms with Crippen molar-refractivity contribution in [1.29, 1.82) is 0 Å². The van der Waals surface area contributed by atoms with E-state index < -0.39 is 0 Å². The van der Waals surface area contributed by atoms with E-state index >= 15 is 0 Å². The zero-order chi connectivity index (χ0) is 13.5. The number of hydrogen-bond donors (Lipinski definition) is 1. The van der Waals surface area contributed by atoms with Gasteiger partial charge in [0.2, 0.25) is 0 Å². The monoisotopic (exact) mass is 261 g/mol. The molecular formula is C17H27NO. The van der Waals surface area contributed by atoms with E-state index in [1.54, 1.807) is 0 Å².